The van der Waals surface area contributed by atoms with Crippen molar-refractivity contribution in [1.29, 1.82) is 0 Å². The molecule has 0 bridgehead atoms. The first-order valence-corrected chi connectivity index (χ1v) is 8.37. The minimum Gasteiger partial charge on any atom is -0.481 e. The van der Waals surface area contributed by atoms with Crippen LogP contribution in [0.4, 0.5) is 0 Å². The average molecular weight is 321 g/mol. The van der Waals surface area contributed by atoms with E-state index in [2.05, 4.69) is 20.9 Å². The van der Waals surface area contributed by atoms with E-state index in [1.165, 1.54) is 0 Å². The van der Waals surface area contributed by atoms with Crippen molar-refractivity contribution in [3.63, 3.8) is 0 Å². The fourth-order valence-electron chi connectivity index (χ4n) is 3.53. The lowest BCUT2D eigenvalue weighted by molar-refractivity contribution is -0.107. The van der Waals surface area contributed by atoms with Crippen molar-refractivity contribution < 1.29 is 14.2 Å². The van der Waals surface area contributed by atoms with E-state index in [-0.39, 0.29) is 0 Å². The molecule has 0 aromatic carbocycles. The molecular weight excluding hydrogens is 294 g/mol. The summed E-state index contributed by atoms with van der Waals surface area (Å²) < 4.78 is 16.5. The van der Waals surface area contributed by atoms with Crippen LogP contribution in [0.3, 0.4) is 0 Å². The smallest absolute Gasteiger partial charge is 0.213 e. The van der Waals surface area contributed by atoms with Crippen molar-refractivity contribution in [2.45, 2.75) is 25.1 Å². The van der Waals surface area contributed by atoms with Crippen LogP contribution in [0.25, 0.3) is 0 Å². The third-order valence-corrected chi connectivity index (χ3v) is 4.74. The molecule has 6 heteroatoms. The van der Waals surface area contributed by atoms with Gasteiger partial charge in [-0.15, -0.1) is 0 Å². The molecule has 0 amide bonds. The van der Waals surface area contributed by atoms with Gasteiger partial charge in [0, 0.05) is 51.9 Å². The van der Waals surface area contributed by atoms with E-state index in [4.69, 9.17) is 14.2 Å². The van der Waals surface area contributed by atoms with Crippen LogP contribution in [0, 0.1) is 0 Å². The number of piperidine rings is 1. The molecule has 0 unspecified atom stereocenters. The first-order chi connectivity index (χ1) is 11.3. The minimum absolute atomic E-state index is 0.357. The maximum Gasteiger partial charge on any atom is 0.213 e. The van der Waals surface area contributed by atoms with Gasteiger partial charge in [-0.2, -0.15) is 0 Å². The summed E-state index contributed by atoms with van der Waals surface area (Å²) in [5, 5.41) is 0. The first-order valence-electron chi connectivity index (χ1n) is 8.37. The maximum absolute atomic E-state index is 5.98. The van der Waals surface area contributed by atoms with Gasteiger partial charge in [-0.25, -0.2) is 4.98 Å². The number of fused-ring (bicyclic) bond motifs is 1. The molecule has 2 atom stereocenters. The van der Waals surface area contributed by atoms with Gasteiger partial charge in [0.15, 0.2) is 0 Å². The van der Waals surface area contributed by atoms with Crippen LogP contribution in [0.1, 0.15) is 12.1 Å². The largest absolute Gasteiger partial charge is 0.481 e. The molecule has 2 aliphatic rings. The van der Waals surface area contributed by atoms with Crippen LogP contribution in [-0.2, 0) is 16.0 Å². The summed E-state index contributed by atoms with van der Waals surface area (Å²) in [4.78, 5) is 9.52. The lowest BCUT2D eigenvalue weighted by Gasteiger charge is -2.47. The number of aromatic nitrogens is 1. The number of rotatable bonds is 6. The van der Waals surface area contributed by atoms with Crippen molar-refractivity contribution in [3.05, 3.63) is 23.9 Å². The highest BCUT2D eigenvalue weighted by atomic mass is 16.5. The Hall–Kier alpha value is -1.21. The van der Waals surface area contributed by atoms with Gasteiger partial charge in [0.05, 0.1) is 32.1 Å². The van der Waals surface area contributed by atoms with Crippen LogP contribution >= 0.6 is 0 Å². The standard InChI is InChI=1S/C17H27N3O3/c1-21-10-8-20-9-11-23-16-6-7-19(13-15(16)20)12-14-4-3-5-17(18-14)22-2/h3-5,15-16H,6-13H2,1-2H3/t15-,16-/m1/s1. The number of pyridine rings is 1. The quantitative estimate of drug-likeness (QED) is 0.779. The number of likely N-dealkylation sites (tertiary alicyclic amines) is 1. The highest BCUT2D eigenvalue weighted by molar-refractivity contribution is 5.15. The average Bonchev–Trinajstić information content (AvgIpc) is 2.60. The van der Waals surface area contributed by atoms with Gasteiger partial charge in [0.1, 0.15) is 0 Å². The van der Waals surface area contributed by atoms with Crippen LogP contribution < -0.4 is 4.74 Å². The third kappa shape index (κ3) is 4.20. The monoisotopic (exact) mass is 321 g/mol. The van der Waals surface area contributed by atoms with E-state index in [0.717, 1.165) is 58.1 Å². The molecular formula is C17H27N3O3. The Morgan fingerprint density at radius 3 is 3.04 bits per heavy atom. The zero-order valence-electron chi connectivity index (χ0n) is 14.1. The Bertz CT molecular complexity index is 500. The lowest BCUT2D eigenvalue weighted by Crippen LogP contribution is -2.60. The van der Waals surface area contributed by atoms with Crippen LogP contribution in [0.2, 0.25) is 0 Å². The maximum atomic E-state index is 5.98. The third-order valence-electron chi connectivity index (χ3n) is 4.74. The normalized spacial score (nSPS) is 26.0. The second-order valence-corrected chi connectivity index (χ2v) is 6.20. The van der Waals surface area contributed by atoms with E-state index in [9.17, 15) is 0 Å². The number of methoxy groups -OCH3 is 2. The van der Waals surface area contributed by atoms with Crippen LogP contribution in [0.15, 0.2) is 18.2 Å². The molecule has 0 saturated carbocycles. The van der Waals surface area contributed by atoms with Crippen molar-refractivity contribution in [3.8, 4) is 5.88 Å². The van der Waals surface area contributed by atoms with Gasteiger partial charge < -0.3 is 14.2 Å². The number of hydrogen-bond donors (Lipinski definition) is 0. The predicted molar refractivity (Wildman–Crippen MR) is 87.7 cm³/mol. The van der Waals surface area contributed by atoms with E-state index in [1.807, 2.05) is 12.1 Å². The molecule has 1 aromatic heterocycles. The Kier molecular flexibility index (Phi) is 5.83. The van der Waals surface area contributed by atoms with Crippen LogP contribution in [-0.4, -0.2) is 80.5 Å². The fraction of sp³-hybridized carbons (Fsp3) is 0.706. The lowest BCUT2D eigenvalue weighted by atomic mass is 9.98. The van der Waals surface area contributed by atoms with Gasteiger partial charge in [-0.05, 0) is 12.5 Å². The summed E-state index contributed by atoms with van der Waals surface area (Å²) in [6.07, 6.45) is 1.44. The second kappa shape index (κ2) is 8.06. The Labute approximate surface area is 138 Å². The molecule has 2 saturated heterocycles. The van der Waals surface area contributed by atoms with Gasteiger partial charge >= 0.3 is 0 Å². The van der Waals surface area contributed by atoms with Crippen molar-refractivity contribution >= 4 is 0 Å². The van der Waals surface area contributed by atoms with E-state index in [1.54, 1.807) is 14.2 Å². The summed E-state index contributed by atoms with van der Waals surface area (Å²) in [6.45, 7) is 6.52. The highest BCUT2D eigenvalue weighted by Crippen LogP contribution is 2.24. The molecule has 1 aromatic rings. The predicted octanol–water partition coefficient (Wildman–Crippen LogP) is 1.01. The summed E-state index contributed by atoms with van der Waals surface area (Å²) in [7, 11) is 3.42. The molecule has 2 aliphatic heterocycles. The van der Waals surface area contributed by atoms with E-state index in [0.29, 0.717) is 18.0 Å². The number of morpholine rings is 1. The summed E-state index contributed by atoms with van der Waals surface area (Å²) in [6, 6.07) is 6.41. The van der Waals surface area contributed by atoms with Gasteiger partial charge in [-0.1, -0.05) is 6.07 Å². The summed E-state index contributed by atoms with van der Waals surface area (Å²) >= 11 is 0. The minimum atomic E-state index is 0.357. The zero-order valence-corrected chi connectivity index (χ0v) is 14.1. The highest BCUT2D eigenvalue weighted by Gasteiger charge is 2.36. The molecule has 6 nitrogen and oxygen atoms in total. The second-order valence-electron chi connectivity index (χ2n) is 6.20. The Morgan fingerprint density at radius 2 is 2.22 bits per heavy atom. The zero-order chi connectivity index (χ0) is 16.1. The Morgan fingerprint density at radius 1 is 1.30 bits per heavy atom. The molecule has 0 spiro atoms. The summed E-state index contributed by atoms with van der Waals surface area (Å²) in [5.41, 5.74) is 1.06. The molecule has 2 fully saturated rings. The number of ether oxygens (including phenoxy) is 3. The van der Waals surface area contributed by atoms with E-state index < -0.39 is 0 Å². The van der Waals surface area contributed by atoms with E-state index >= 15 is 0 Å². The van der Waals surface area contributed by atoms with Crippen LogP contribution in [0.5, 0.6) is 5.88 Å². The van der Waals surface area contributed by atoms with Gasteiger partial charge in [0.25, 0.3) is 0 Å². The Balaban J connectivity index is 1.61. The topological polar surface area (TPSA) is 47.1 Å². The van der Waals surface area contributed by atoms with Crippen molar-refractivity contribution in [1.82, 2.24) is 14.8 Å². The first kappa shape index (κ1) is 16.6. The van der Waals surface area contributed by atoms with Crippen molar-refractivity contribution in [2.24, 2.45) is 0 Å². The van der Waals surface area contributed by atoms with Crippen molar-refractivity contribution in [2.75, 3.05) is 53.6 Å². The molecule has 3 heterocycles. The van der Waals surface area contributed by atoms with Gasteiger partial charge in [0.2, 0.25) is 5.88 Å². The number of hydrogen-bond acceptors (Lipinski definition) is 6. The molecule has 0 aliphatic carbocycles. The molecule has 23 heavy (non-hydrogen) atoms. The molecule has 3 rings (SSSR count). The van der Waals surface area contributed by atoms with Gasteiger partial charge in [-0.3, -0.25) is 9.80 Å². The molecule has 0 N–H and O–H groups in total. The number of nitrogens with zero attached hydrogens (tertiary/aromatic N) is 3. The SMILES string of the molecule is COCCN1CCO[C@@H]2CCN(Cc3cccc(OC)n3)C[C@H]21. The molecule has 128 valence electrons. The summed E-state index contributed by atoms with van der Waals surface area (Å²) in [5.74, 6) is 0.681. The molecule has 0 radical (unpaired) electrons. The fourth-order valence-corrected chi connectivity index (χ4v) is 3.53.